The molecule has 12 heteroatoms. The van der Waals surface area contributed by atoms with Crippen molar-refractivity contribution in [1.29, 1.82) is 0 Å². The molecule has 0 fully saturated rings. The zero-order chi connectivity index (χ0) is 87.0. The summed E-state index contributed by atoms with van der Waals surface area (Å²) in [6.07, 6.45) is 11.5. The largest absolute Gasteiger partial charge is 0.507 e. The number of H-pyrrole nitrogens is 4. The van der Waals surface area contributed by atoms with Crippen molar-refractivity contribution in [2.75, 3.05) is 13.2 Å². The maximum Gasteiger partial charge on any atom is 0.126 e. The van der Waals surface area contributed by atoms with E-state index in [0.29, 0.717) is 72.6 Å². The van der Waals surface area contributed by atoms with Gasteiger partial charge in [-0.1, -0.05) is 229 Å². The standard InChI is InChI=1S/C116H96N8O4/c1-9-41-127-115-79-13-11-14-80(115)44-86-48-84(104-58-96-64-110-100(76-35-23-70(6)24-36-76)54-92(120-110)60-106-98(74-31-19-68(4)20-32-74)52-90(118-106)62-108-102(78-39-27-72(8)28-40-78)56-94(122-108)66-112(104)124-96)50-88(114(86)126)46-82-16-12-15-81(116(82)128-42-10-2)45-87-49-83(47-85(43-79)113(87)125)103-57-95-63-109-99(75-33-21-69(5)22-34-75)53-91(119-109)59-105-97(73-29-17-67(3)18-30-73)51-89(117-105)61-107-101(77-37-25-71(7)26-38-77)55-93(121-107)65-111(103)123-95/h11-40,47-66,117-118,123-126H,9-10,41-46H2,1-8H3. The van der Waals surface area contributed by atoms with Gasteiger partial charge in [0.2, 0.25) is 0 Å². The second-order valence-electron chi connectivity index (χ2n) is 35.0. The highest BCUT2D eigenvalue weighted by Crippen LogP contribution is 2.46. The number of aryl methyl sites for hydroxylation is 6. The molecule has 1 aliphatic carbocycles. The molecule has 16 aromatic rings. The van der Waals surface area contributed by atoms with Gasteiger partial charge in [0.05, 0.1) is 58.8 Å². The fourth-order valence-electron chi connectivity index (χ4n) is 18.5. The van der Waals surface area contributed by atoms with Crippen LogP contribution < -0.4 is 9.47 Å². The second kappa shape index (κ2) is 33.3. The van der Waals surface area contributed by atoms with Crippen molar-refractivity contribution in [3.05, 3.63) is 425 Å². The third-order valence-corrected chi connectivity index (χ3v) is 25.2. The minimum absolute atomic E-state index is 0.189. The predicted octanol–water partition coefficient (Wildman–Crippen LogP) is 27.5. The van der Waals surface area contributed by atoms with E-state index in [1.54, 1.807) is 0 Å². The lowest BCUT2D eigenvalue weighted by Crippen LogP contribution is -2.07. The Labute approximate surface area is 744 Å². The van der Waals surface area contributed by atoms with E-state index in [9.17, 15) is 10.2 Å². The van der Waals surface area contributed by atoms with Gasteiger partial charge in [0.25, 0.3) is 0 Å². The maximum atomic E-state index is 13.4. The smallest absolute Gasteiger partial charge is 0.126 e. The van der Waals surface area contributed by atoms with Crippen molar-refractivity contribution in [3.8, 4) is 67.5 Å². The highest BCUT2D eigenvalue weighted by Gasteiger charge is 2.27. The summed E-state index contributed by atoms with van der Waals surface area (Å²) in [5, 5.41) is 26.8. The molecule has 0 unspecified atom stereocenters. The maximum absolute atomic E-state index is 13.4. The Kier molecular flexibility index (Phi) is 20.7. The summed E-state index contributed by atoms with van der Waals surface area (Å²) in [5.41, 5.74) is 43.0. The number of aromatic hydroxyl groups is 2. The molecule has 21 rings (SSSR count). The van der Waals surface area contributed by atoms with Crippen LogP contribution in [0.2, 0.25) is 0 Å². The number of para-hydroxylation sites is 2. The Morgan fingerprint density at radius 2 is 0.484 bits per heavy atom. The molecule has 10 heterocycles. The Bertz CT molecular complexity index is 7130. The molecule has 5 aliphatic rings. The van der Waals surface area contributed by atoms with Crippen LogP contribution in [-0.2, 0) is 25.7 Å². The summed E-state index contributed by atoms with van der Waals surface area (Å²) >= 11 is 0. The summed E-state index contributed by atoms with van der Waals surface area (Å²) in [6.45, 7) is 17.8. The molecule has 4 aliphatic heterocycles. The van der Waals surface area contributed by atoms with Gasteiger partial charge in [-0.15, -0.1) is 0 Å². The molecule has 0 saturated carbocycles. The number of hydrogen-bond acceptors (Lipinski definition) is 8. The number of rotatable bonds is 14. The number of hydrogen-bond donors (Lipinski definition) is 6. The van der Waals surface area contributed by atoms with Crippen molar-refractivity contribution in [1.82, 2.24) is 39.9 Å². The summed E-state index contributed by atoms with van der Waals surface area (Å²) < 4.78 is 14.2. The molecular formula is C116H96N8O4. The number of aromatic nitrogens is 8. The van der Waals surface area contributed by atoms with Gasteiger partial charge in [-0.2, -0.15) is 0 Å². The van der Waals surface area contributed by atoms with Gasteiger partial charge in [0.1, 0.15) is 23.0 Å². The van der Waals surface area contributed by atoms with Crippen LogP contribution in [0.4, 0.5) is 0 Å². The topological polar surface area (TPSA) is 174 Å². The number of ether oxygens (including phenoxy) is 2. The van der Waals surface area contributed by atoms with Gasteiger partial charge < -0.3 is 39.6 Å². The molecule has 0 amide bonds. The Morgan fingerprint density at radius 3 is 0.719 bits per heavy atom. The third kappa shape index (κ3) is 16.0. The van der Waals surface area contributed by atoms with Gasteiger partial charge in [-0.05, 0) is 265 Å². The molecule has 0 radical (unpaired) electrons. The van der Waals surface area contributed by atoms with Crippen molar-refractivity contribution >= 4 is 90.7 Å². The molecule has 624 valence electrons. The molecule has 0 atom stereocenters. The fourth-order valence-corrected chi connectivity index (χ4v) is 18.5. The summed E-state index contributed by atoms with van der Waals surface area (Å²) in [7, 11) is 0. The molecule has 24 bridgehead atoms. The lowest BCUT2D eigenvalue weighted by atomic mass is 9.88. The Hall–Kier alpha value is -15.4. The van der Waals surface area contributed by atoms with Crippen molar-refractivity contribution in [2.45, 2.75) is 93.9 Å². The number of nitrogens with zero attached hydrogens (tertiary/aromatic N) is 4. The molecule has 10 aromatic carbocycles. The van der Waals surface area contributed by atoms with Crippen LogP contribution >= 0.6 is 0 Å². The zero-order valence-electron chi connectivity index (χ0n) is 73.0. The highest BCUT2D eigenvalue weighted by atomic mass is 16.5. The van der Waals surface area contributed by atoms with Gasteiger partial charge in [-0.3, -0.25) is 0 Å². The zero-order valence-corrected chi connectivity index (χ0v) is 73.0. The van der Waals surface area contributed by atoms with E-state index in [1.165, 1.54) is 33.4 Å². The lowest BCUT2D eigenvalue weighted by molar-refractivity contribution is 0.311. The number of benzene rings is 10. The quantitative estimate of drug-likeness (QED) is 0.0624. The van der Waals surface area contributed by atoms with E-state index in [1.807, 2.05) is 0 Å². The summed E-state index contributed by atoms with van der Waals surface area (Å²) in [5.74, 6) is 1.80. The predicted molar refractivity (Wildman–Crippen MR) is 525 cm³/mol. The minimum atomic E-state index is 0.189. The van der Waals surface area contributed by atoms with Crippen LogP contribution in [0.1, 0.15) is 172 Å². The number of nitrogens with one attached hydrogen (secondary N) is 4. The van der Waals surface area contributed by atoms with Crippen LogP contribution in [0.25, 0.3) is 135 Å². The van der Waals surface area contributed by atoms with E-state index in [0.717, 1.165) is 214 Å². The Balaban J connectivity index is 0.750. The first-order valence-electron chi connectivity index (χ1n) is 44.4. The van der Waals surface area contributed by atoms with Crippen LogP contribution in [0, 0.1) is 41.5 Å². The van der Waals surface area contributed by atoms with Crippen molar-refractivity contribution < 1.29 is 19.7 Å². The average Bonchev–Trinajstić information content (AvgIpc) is 1.53. The molecule has 0 spiro atoms. The highest BCUT2D eigenvalue weighted by molar-refractivity contribution is 6.01. The van der Waals surface area contributed by atoms with Gasteiger partial charge in [0, 0.05) is 114 Å². The Morgan fingerprint density at radius 1 is 0.258 bits per heavy atom. The molecular weight excluding hydrogens is 1570 g/mol. The minimum Gasteiger partial charge on any atom is -0.507 e. The molecule has 128 heavy (non-hydrogen) atoms. The molecule has 12 nitrogen and oxygen atoms in total. The fraction of sp³-hybridized carbons (Fsp3) is 0.138. The second-order valence-corrected chi connectivity index (χ2v) is 35.0. The normalized spacial score (nSPS) is 12.9. The first-order chi connectivity index (χ1) is 62.4. The SMILES string of the molecule is CCCOc1c2cccc1Cc1cc(-c3cc4cc5nc(cc6[nH]c(cc7nc(cc3[nH]4)C=C7c3ccc(C)cc3)cc6-c3ccc(C)cc3)C=C5c3ccc(C)cc3)cc(c1O)Cc1cccc(c1OCCC)Cc1cc(-c3cc4cc5nc(cc6[nH]c(cc7nc(cc3[nH]4)C=C7c3ccc(C)cc3)cc6-c3ccc(C)cc3)C=C5c3ccc(C)cc3)cc(c1O)C2. The summed E-state index contributed by atoms with van der Waals surface area (Å²) in [6, 6.07) is 99.6. The first-order valence-corrected chi connectivity index (χ1v) is 44.4. The van der Waals surface area contributed by atoms with Crippen LogP contribution in [0.3, 0.4) is 0 Å². The van der Waals surface area contributed by atoms with Gasteiger partial charge in [0.15, 0.2) is 0 Å². The number of phenols is 2. The number of aromatic amines is 4. The van der Waals surface area contributed by atoms with E-state index in [-0.39, 0.29) is 11.5 Å². The molecule has 6 N–H and O–H groups in total. The van der Waals surface area contributed by atoms with Crippen LogP contribution in [-0.4, -0.2) is 63.3 Å². The average molecular weight is 1670 g/mol. The molecule has 0 saturated heterocycles. The third-order valence-electron chi connectivity index (χ3n) is 25.2. The van der Waals surface area contributed by atoms with Crippen molar-refractivity contribution in [3.63, 3.8) is 0 Å². The van der Waals surface area contributed by atoms with Crippen molar-refractivity contribution in [2.24, 2.45) is 0 Å². The van der Waals surface area contributed by atoms with E-state index >= 15 is 0 Å². The van der Waals surface area contributed by atoms with Crippen LogP contribution in [0.15, 0.2) is 279 Å². The van der Waals surface area contributed by atoms with E-state index in [2.05, 4.69) is 379 Å². The van der Waals surface area contributed by atoms with E-state index in [4.69, 9.17) is 29.4 Å². The monoisotopic (exact) mass is 1660 g/mol. The van der Waals surface area contributed by atoms with Crippen LogP contribution in [0.5, 0.6) is 23.0 Å². The number of phenolic OH excluding ortho intramolecular Hbond substituents is 2. The summed E-state index contributed by atoms with van der Waals surface area (Å²) in [4.78, 5) is 37.6. The first kappa shape index (κ1) is 79.8. The van der Waals surface area contributed by atoms with Gasteiger partial charge in [-0.25, -0.2) is 19.9 Å². The molecule has 6 aromatic heterocycles. The van der Waals surface area contributed by atoms with E-state index < -0.39 is 0 Å². The number of fused-ring (bicyclic) bond motifs is 24. The lowest BCUT2D eigenvalue weighted by Gasteiger charge is -2.21. The van der Waals surface area contributed by atoms with Gasteiger partial charge >= 0.3 is 0 Å².